The smallest absolute Gasteiger partial charge is 0.289 e. The molecule has 2 aromatic heterocycles. The third-order valence-electron chi connectivity index (χ3n) is 1.95. The fourth-order valence-corrected chi connectivity index (χ4v) is 1.76. The van der Waals surface area contributed by atoms with Crippen LogP contribution in [0.1, 0.15) is 5.56 Å². The first kappa shape index (κ1) is 7.81. The highest BCUT2D eigenvalue weighted by Gasteiger charge is 1.98. The van der Waals surface area contributed by atoms with E-state index < -0.39 is 0 Å². The first-order valence-electron chi connectivity index (χ1n) is 3.85. The van der Waals surface area contributed by atoms with Gasteiger partial charge in [-0.25, -0.2) is 4.98 Å². The summed E-state index contributed by atoms with van der Waals surface area (Å²) in [5.74, 6) is 0. The molecule has 12 heavy (non-hydrogen) atoms. The van der Waals surface area contributed by atoms with Gasteiger partial charge in [-0.1, -0.05) is 0 Å². The highest BCUT2D eigenvalue weighted by Crippen LogP contribution is 2.03. The number of aliphatic hydroxyl groups is 1. The maximum Gasteiger partial charge on any atom is 0.289 e. The Morgan fingerprint density at radius 3 is 3.17 bits per heavy atom. The van der Waals surface area contributed by atoms with Crippen LogP contribution in [0, 0.1) is 0 Å². The summed E-state index contributed by atoms with van der Waals surface area (Å²) in [5.41, 5.74) is 1.83. The lowest BCUT2D eigenvalue weighted by molar-refractivity contribution is 0.282. The number of fused-ring (bicyclic) bond motifs is 1. The average molecular weight is 176 g/mol. The molecule has 3 nitrogen and oxygen atoms in total. The SMILES string of the molecule is OCc1ccn2[c]([AlH2])cnc2c1. The fourth-order valence-electron chi connectivity index (χ4n) is 1.25. The van der Waals surface area contributed by atoms with Crippen LogP contribution in [0.25, 0.3) is 5.65 Å². The monoisotopic (exact) mass is 176 g/mol. The summed E-state index contributed by atoms with van der Waals surface area (Å²) in [6.07, 6.45) is 3.83. The van der Waals surface area contributed by atoms with Gasteiger partial charge in [0.05, 0.1) is 6.61 Å². The van der Waals surface area contributed by atoms with Crippen molar-refractivity contribution in [3.8, 4) is 0 Å². The molecule has 0 aliphatic rings. The van der Waals surface area contributed by atoms with E-state index in [1.54, 1.807) is 0 Å². The Hall–Kier alpha value is -0.818. The van der Waals surface area contributed by atoms with E-state index >= 15 is 0 Å². The predicted octanol–water partition coefficient (Wildman–Crippen LogP) is -0.915. The molecule has 0 bridgehead atoms. The fraction of sp³-hybridized carbons (Fsp3) is 0.125. The quantitative estimate of drug-likeness (QED) is 0.571. The van der Waals surface area contributed by atoms with E-state index in [2.05, 4.69) is 4.98 Å². The molecule has 60 valence electrons. The third kappa shape index (κ3) is 1.14. The number of aliphatic hydroxyl groups excluding tert-OH is 1. The second-order valence-electron chi connectivity index (χ2n) is 2.82. The zero-order chi connectivity index (χ0) is 8.55. The van der Waals surface area contributed by atoms with Crippen molar-refractivity contribution in [1.29, 1.82) is 0 Å². The van der Waals surface area contributed by atoms with Crippen LogP contribution < -0.4 is 4.56 Å². The summed E-state index contributed by atoms with van der Waals surface area (Å²) >= 11 is 0.997. The molecule has 0 amide bonds. The minimum Gasteiger partial charge on any atom is -0.392 e. The van der Waals surface area contributed by atoms with E-state index in [1.165, 1.54) is 4.56 Å². The lowest BCUT2D eigenvalue weighted by Crippen LogP contribution is -2.08. The van der Waals surface area contributed by atoms with Gasteiger partial charge in [0, 0.05) is 12.4 Å². The van der Waals surface area contributed by atoms with Gasteiger partial charge < -0.3 is 9.51 Å². The Bertz CT molecular complexity index is 410. The summed E-state index contributed by atoms with van der Waals surface area (Å²) in [6.45, 7) is 0.0832. The Morgan fingerprint density at radius 2 is 2.42 bits per heavy atom. The van der Waals surface area contributed by atoms with Crippen LogP contribution in [0.15, 0.2) is 24.5 Å². The van der Waals surface area contributed by atoms with Gasteiger partial charge in [-0.15, -0.1) is 0 Å². The molecule has 4 heteroatoms. The van der Waals surface area contributed by atoms with Crippen LogP contribution in [0.5, 0.6) is 0 Å². The van der Waals surface area contributed by atoms with Crippen LogP contribution in [0.4, 0.5) is 0 Å². The van der Waals surface area contributed by atoms with Crippen molar-refractivity contribution in [2.45, 2.75) is 6.61 Å². The third-order valence-corrected chi connectivity index (χ3v) is 2.69. The van der Waals surface area contributed by atoms with Crippen molar-refractivity contribution in [2.24, 2.45) is 0 Å². The van der Waals surface area contributed by atoms with Crippen LogP contribution in [-0.4, -0.2) is 30.8 Å². The lowest BCUT2D eigenvalue weighted by atomic mass is 10.3. The van der Waals surface area contributed by atoms with Crippen LogP contribution in [0.3, 0.4) is 0 Å². The molecule has 2 aromatic rings. The molecular formula is C8H9AlN2O. The number of hydrogen-bond donors (Lipinski definition) is 1. The predicted molar refractivity (Wildman–Crippen MR) is 49.3 cm³/mol. The van der Waals surface area contributed by atoms with Crippen LogP contribution in [-0.2, 0) is 6.61 Å². The molecule has 0 aliphatic carbocycles. The van der Waals surface area contributed by atoms with Gasteiger partial charge in [-0.2, -0.15) is 0 Å². The van der Waals surface area contributed by atoms with Crippen LogP contribution >= 0.6 is 0 Å². The standard InChI is InChI=1S/C8H7N2O.Al.2H/c11-6-7-1-3-10-4-2-9-8(10)5-7;;;/h1-3,5,11H,6H2;;;. The molecule has 0 aromatic carbocycles. The second-order valence-corrected chi connectivity index (χ2v) is 3.85. The normalized spacial score (nSPS) is 10.8. The van der Waals surface area contributed by atoms with Gasteiger partial charge in [0.25, 0.3) is 16.3 Å². The maximum atomic E-state index is 8.88. The zero-order valence-electron chi connectivity index (χ0n) is 6.86. The zero-order valence-corrected chi connectivity index (χ0v) is 8.86. The number of pyridine rings is 1. The van der Waals surface area contributed by atoms with E-state index in [-0.39, 0.29) is 6.61 Å². The Morgan fingerprint density at radius 1 is 1.58 bits per heavy atom. The molecule has 0 fully saturated rings. The maximum absolute atomic E-state index is 8.88. The van der Waals surface area contributed by atoms with E-state index in [0.29, 0.717) is 0 Å². The number of imidazole rings is 1. The van der Waals surface area contributed by atoms with E-state index in [1.807, 2.05) is 28.9 Å². The number of rotatable bonds is 1. The summed E-state index contributed by atoms with van der Waals surface area (Å²) in [4.78, 5) is 4.21. The van der Waals surface area contributed by atoms with Gasteiger partial charge in [0.1, 0.15) is 5.65 Å². The molecular weight excluding hydrogens is 167 g/mol. The molecule has 0 radical (unpaired) electrons. The van der Waals surface area contributed by atoms with Crippen molar-refractivity contribution in [2.75, 3.05) is 0 Å². The van der Waals surface area contributed by atoms with Crippen molar-refractivity contribution < 1.29 is 5.11 Å². The van der Waals surface area contributed by atoms with E-state index in [0.717, 1.165) is 27.5 Å². The molecule has 0 aliphatic heterocycles. The summed E-state index contributed by atoms with van der Waals surface area (Å²) in [5, 5.41) is 8.88. The van der Waals surface area contributed by atoms with Gasteiger partial charge in [0.15, 0.2) is 0 Å². The molecule has 0 atom stereocenters. The minimum atomic E-state index is 0.0832. The van der Waals surface area contributed by atoms with E-state index in [9.17, 15) is 0 Å². The molecule has 1 N–H and O–H groups in total. The molecule has 0 unspecified atom stereocenters. The second kappa shape index (κ2) is 2.91. The summed E-state index contributed by atoms with van der Waals surface area (Å²) in [7, 11) is 0. The largest absolute Gasteiger partial charge is 0.392 e. The Labute approximate surface area is 78.1 Å². The summed E-state index contributed by atoms with van der Waals surface area (Å²) < 4.78 is 3.29. The molecule has 2 heterocycles. The summed E-state index contributed by atoms with van der Waals surface area (Å²) in [6, 6.07) is 3.82. The average Bonchev–Trinajstić information content (AvgIpc) is 2.47. The first-order valence-corrected chi connectivity index (χ1v) is 4.85. The highest BCUT2D eigenvalue weighted by atomic mass is 27.0. The Kier molecular flexibility index (Phi) is 1.89. The van der Waals surface area contributed by atoms with Crippen molar-refractivity contribution >= 4 is 26.5 Å². The van der Waals surface area contributed by atoms with Gasteiger partial charge in [-0.3, -0.25) is 0 Å². The highest BCUT2D eigenvalue weighted by molar-refractivity contribution is 6.31. The molecule has 0 spiro atoms. The molecule has 0 saturated carbocycles. The van der Waals surface area contributed by atoms with Crippen LogP contribution in [0.2, 0.25) is 0 Å². The molecule has 0 saturated heterocycles. The number of aromatic nitrogens is 2. The van der Waals surface area contributed by atoms with Crippen molar-refractivity contribution in [1.82, 2.24) is 9.38 Å². The number of hydrogen-bond acceptors (Lipinski definition) is 2. The van der Waals surface area contributed by atoms with E-state index in [4.69, 9.17) is 5.11 Å². The lowest BCUT2D eigenvalue weighted by Gasteiger charge is -1.98. The minimum absolute atomic E-state index is 0.0832. The van der Waals surface area contributed by atoms with Crippen molar-refractivity contribution in [3.05, 3.63) is 30.1 Å². The van der Waals surface area contributed by atoms with Gasteiger partial charge in [-0.05, 0) is 22.3 Å². The number of nitrogens with zero attached hydrogens (tertiary/aromatic N) is 2. The molecule has 2 rings (SSSR count). The van der Waals surface area contributed by atoms with Gasteiger partial charge >= 0.3 is 0 Å². The topological polar surface area (TPSA) is 37.5 Å². The first-order chi connectivity index (χ1) is 5.81. The Balaban J connectivity index is 2.69. The van der Waals surface area contributed by atoms with Gasteiger partial charge in [0.2, 0.25) is 0 Å². The van der Waals surface area contributed by atoms with Crippen molar-refractivity contribution in [3.63, 3.8) is 0 Å².